The summed E-state index contributed by atoms with van der Waals surface area (Å²) in [5, 5.41) is 9.41. The van der Waals surface area contributed by atoms with Gasteiger partial charge in [-0.1, -0.05) is 0 Å². The van der Waals surface area contributed by atoms with Crippen molar-refractivity contribution in [2.75, 3.05) is 0 Å². The van der Waals surface area contributed by atoms with E-state index in [2.05, 4.69) is 0 Å². The molecule has 0 saturated carbocycles. The number of Topliss-reactive ketones (excluding diaryl/α,β-unsaturated/α-hetero) is 2. The quantitative estimate of drug-likeness (QED) is 0.202. The third-order valence-corrected chi connectivity index (χ3v) is 3.55. The Labute approximate surface area is 137 Å². The Kier molecular flexibility index (Phi) is 7.64. The van der Waals surface area contributed by atoms with Crippen LogP contribution in [-0.4, -0.2) is 52.1 Å². The van der Waals surface area contributed by atoms with Gasteiger partial charge in [0.2, 0.25) is 11.8 Å². The Morgan fingerprint density at radius 1 is 1.04 bits per heavy atom. The molecule has 2 amide bonds. The number of aliphatic carboxylic acids is 1. The van der Waals surface area contributed by atoms with E-state index >= 15 is 0 Å². The summed E-state index contributed by atoms with van der Waals surface area (Å²) in [6.45, 7) is 1.25. The lowest BCUT2D eigenvalue weighted by atomic mass is 9.72. The standard InChI is InChI=1S/C13H23N5O6/c1-5(14)10(21)6(4-9(17)20)13(18,12(23)24)11(22)7(15)2-3-8(16)19/h5-7H,2-4,14-15,18H2,1H3,(H2,16,19)(H2,17,20)(H,23,24). The Bertz CT molecular complexity index is 549. The largest absolute Gasteiger partial charge is 0.480 e. The van der Waals surface area contributed by atoms with Crippen LogP contribution in [0.3, 0.4) is 0 Å². The van der Waals surface area contributed by atoms with Crippen LogP contribution in [-0.2, 0) is 24.0 Å². The average Bonchev–Trinajstić information content (AvgIpc) is 2.47. The molecule has 4 atom stereocenters. The smallest absolute Gasteiger partial charge is 0.332 e. The van der Waals surface area contributed by atoms with Crippen LogP contribution in [0.4, 0.5) is 0 Å². The van der Waals surface area contributed by atoms with Gasteiger partial charge in [-0.15, -0.1) is 0 Å². The monoisotopic (exact) mass is 345 g/mol. The molecule has 0 fully saturated rings. The summed E-state index contributed by atoms with van der Waals surface area (Å²) < 4.78 is 0. The van der Waals surface area contributed by atoms with E-state index in [-0.39, 0.29) is 12.8 Å². The molecular weight excluding hydrogens is 322 g/mol. The average molecular weight is 345 g/mol. The summed E-state index contributed by atoms with van der Waals surface area (Å²) in [5.41, 5.74) is 23.8. The molecule has 0 aromatic carbocycles. The second-order valence-corrected chi connectivity index (χ2v) is 5.56. The molecule has 0 aliphatic heterocycles. The highest BCUT2D eigenvalue weighted by Gasteiger charge is 2.54. The molecular formula is C13H23N5O6. The molecule has 0 aromatic rings. The predicted molar refractivity (Wildman–Crippen MR) is 81.9 cm³/mol. The fraction of sp³-hybridized carbons (Fsp3) is 0.615. The van der Waals surface area contributed by atoms with Gasteiger partial charge in [0.25, 0.3) is 0 Å². The van der Waals surface area contributed by atoms with Gasteiger partial charge in [0.05, 0.1) is 18.0 Å². The summed E-state index contributed by atoms with van der Waals surface area (Å²) in [5.74, 6) is -7.59. The number of ketones is 2. The van der Waals surface area contributed by atoms with Gasteiger partial charge >= 0.3 is 5.97 Å². The van der Waals surface area contributed by atoms with Crippen molar-refractivity contribution >= 4 is 29.4 Å². The molecule has 11 heteroatoms. The molecule has 0 spiro atoms. The first kappa shape index (κ1) is 21.6. The van der Waals surface area contributed by atoms with Crippen LogP contribution in [0.1, 0.15) is 26.2 Å². The minimum absolute atomic E-state index is 0.268. The van der Waals surface area contributed by atoms with Crippen LogP contribution >= 0.6 is 0 Å². The molecule has 0 aliphatic rings. The zero-order valence-electron chi connectivity index (χ0n) is 13.2. The number of hydrogen-bond acceptors (Lipinski definition) is 8. The van der Waals surface area contributed by atoms with Gasteiger partial charge < -0.3 is 33.8 Å². The summed E-state index contributed by atoms with van der Waals surface area (Å²) in [4.78, 5) is 58.2. The van der Waals surface area contributed by atoms with Gasteiger partial charge in [0.15, 0.2) is 17.1 Å². The maximum absolute atomic E-state index is 12.4. The number of hydrogen-bond donors (Lipinski definition) is 6. The van der Waals surface area contributed by atoms with Crippen LogP contribution in [0.25, 0.3) is 0 Å². The summed E-state index contributed by atoms with van der Waals surface area (Å²) >= 11 is 0. The van der Waals surface area contributed by atoms with E-state index in [9.17, 15) is 29.1 Å². The minimum Gasteiger partial charge on any atom is -0.480 e. The van der Waals surface area contributed by atoms with E-state index in [0.717, 1.165) is 0 Å². The Hall–Kier alpha value is -2.37. The van der Waals surface area contributed by atoms with Crippen LogP contribution in [0.15, 0.2) is 0 Å². The maximum atomic E-state index is 12.4. The van der Waals surface area contributed by atoms with Crippen LogP contribution in [0, 0.1) is 5.92 Å². The van der Waals surface area contributed by atoms with E-state index < -0.39 is 59.3 Å². The Balaban J connectivity index is 5.83. The first-order chi connectivity index (χ1) is 10.8. The van der Waals surface area contributed by atoms with Gasteiger partial charge in [0.1, 0.15) is 0 Å². The first-order valence-corrected chi connectivity index (χ1v) is 7.03. The number of rotatable bonds is 11. The number of primary amides is 2. The second kappa shape index (κ2) is 8.47. The first-order valence-electron chi connectivity index (χ1n) is 7.03. The molecule has 0 saturated heterocycles. The number of carbonyl (C=O) groups is 5. The van der Waals surface area contributed by atoms with Gasteiger partial charge in [-0.05, 0) is 13.3 Å². The zero-order valence-corrected chi connectivity index (χ0v) is 13.2. The number of amides is 2. The Morgan fingerprint density at radius 2 is 1.54 bits per heavy atom. The topological polar surface area (TPSA) is 236 Å². The molecule has 0 radical (unpaired) electrons. The molecule has 0 aliphatic carbocycles. The van der Waals surface area contributed by atoms with E-state index in [4.69, 9.17) is 28.7 Å². The molecule has 0 rings (SSSR count). The van der Waals surface area contributed by atoms with Crippen molar-refractivity contribution in [1.82, 2.24) is 0 Å². The molecule has 0 aromatic heterocycles. The van der Waals surface area contributed by atoms with Gasteiger partial charge in [-0.3, -0.25) is 19.2 Å². The third-order valence-electron chi connectivity index (χ3n) is 3.55. The number of carboxylic acids is 1. The van der Waals surface area contributed by atoms with Crippen molar-refractivity contribution in [3.05, 3.63) is 0 Å². The van der Waals surface area contributed by atoms with E-state index in [1.165, 1.54) is 6.92 Å². The normalized spacial score (nSPS) is 17.2. The van der Waals surface area contributed by atoms with Gasteiger partial charge in [-0.25, -0.2) is 4.79 Å². The lowest BCUT2D eigenvalue weighted by Gasteiger charge is -2.33. The fourth-order valence-electron chi connectivity index (χ4n) is 2.17. The van der Waals surface area contributed by atoms with Crippen LogP contribution in [0.2, 0.25) is 0 Å². The summed E-state index contributed by atoms with van der Waals surface area (Å²) in [6, 6.07) is -2.67. The van der Waals surface area contributed by atoms with Crippen molar-refractivity contribution in [3.8, 4) is 0 Å². The zero-order chi connectivity index (χ0) is 19.2. The highest BCUT2D eigenvalue weighted by molar-refractivity contribution is 6.14. The van der Waals surface area contributed by atoms with Crippen molar-refractivity contribution in [2.24, 2.45) is 34.6 Å². The second-order valence-electron chi connectivity index (χ2n) is 5.56. The van der Waals surface area contributed by atoms with Crippen molar-refractivity contribution < 1.29 is 29.1 Å². The summed E-state index contributed by atoms with van der Waals surface area (Å²) in [7, 11) is 0. The SMILES string of the molecule is CC(N)C(=O)C(CC(N)=O)C(N)(C(=O)O)C(=O)C(N)CCC(N)=O. The Morgan fingerprint density at radius 3 is 1.88 bits per heavy atom. The number of carboxylic acid groups (broad SMARTS) is 1. The molecule has 11 N–H and O–H groups in total. The highest BCUT2D eigenvalue weighted by Crippen LogP contribution is 2.24. The summed E-state index contributed by atoms with van der Waals surface area (Å²) in [6.07, 6.45) is -1.35. The van der Waals surface area contributed by atoms with Crippen LogP contribution < -0.4 is 28.7 Å². The van der Waals surface area contributed by atoms with E-state index in [1.807, 2.05) is 0 Å². The third kappa shape index (κ3) is 5.08. The lowest BCUT2D eigenvalue weighted by molar-refractivity contribution is -0.155. The fourth-order valence-corrected chi connectivity index (χ4v) is 2.17. The molecule has 4 unspecified atom stereocenters. The molecule has 24 heavy (non-hydrogen) atoms. The van der Waals surface area contributed by atoms with E-state index in [0.29, 0.717) is 0 Å². The maximum Gasteiger partial charge on any atom is 0.332 e. The van der Waals surface area contributed by atoms with Gasteiger partial charge in [-0.2, -0.15) is 0 Å². The van der Waals surface area contributed by atoms with Gasteiger partial charge in [0, 0.05) is 12.8 Å². The lowest BCUT2D eigenvalue weighted by Crippen LogP contribution is -2.67. The van der Waals surface area contributed by atoms with E-state index in [1.54, 1.807) is 0 Å². The van der Waals surface area contributed by atoms with Crippen molar-refractivity contribution in [2.45, 2.75) is 43.8 Å². The number of nitrogens with two attached hydrogens (primary N) is 5. The predicted octanol–water partition coefficient (Wildman–Crippen LogP) is -3.66. The molecule has 11 nitrogen and oxygen atoms in total. The number of carbonyl (C=O) groups excluding carboxylic acids is 4. The molecule has 136 valence electrons. The molecule has 0 bridgehead atoms. The highest BCUT2D eigenvalue weighted by atomic mass is 16.4. The molecule has 0 heterocycles. The minimum atomic E-state index is -2.81. The van der Waals surface area contributed by atoms with Crippen molar-refractivity contribution in [1.29, 1.82) is 0 Å². The van der Waals surface area contributed by atoms with Crippen molar-refractivity contribution in [3.63, 3.8) is 0 Å². The van der Waals surface area contributed by atoms with Crippen LogP contribution in [0.5, 0.6) is 0 Å².